The number of benzene rings is 2. The molecule has 38 heavy (non-hydrogen) atoms. The van der Waals surface area contributed by atoms with Crippen LogP contribution in [0.15, 0.2) is 57.5 Å². The summed E-state index contributed by atoms with van der Waals surface area (Å²) in [5.74, 6) is 0.336. The average molecular weight is 559 g/mol. The zero-order chi connectivity index (χ0) is 27.6. The minimum Gasteiger partial charge on any atom is -0.493 e. The number of esters is 1. The Balaban J connectivity index is 1.89. The standard InChI is InChI=1S/C28H28ClFN2O5S/c1-15(2)11-12-37-21-10-9-17(13-22(21)35-4)25-24(27(34)36-5)16(3)31-28-32(25)26(33)23(38-28)14-18-19(29)7-6-8-20(18)30/h6-10,13-15,25H,11-12H2,1-5H3/b23-14-. The van der Waals surface area contributed by atoms with Crippen LogP contribution in [0.25, 0.3) is 6.08 Å². The van der Waals surface area contributed by atoms with Crippen LogP contribution in [0.4, 0.5) is 4.39 Å². The molecule has 0 bridgehead atoms. The van der Waals surface area contributed by atoms with Gasteiger partial charge in [-0.1, -0.05) is 48.9 Å². The maximum Gasteiger partial charge on any atom is 0.338 e. The summed E-state index contributed by atoms with van der Waals surface area (Å²) >= 11 is 7.28. The summed E-state index contributed by atoms with van der Waals surface area (Å²) < 4.78 is 32.7. The van der Waals surface area contributed by atoms with Gasteiger partial charge in [0.15, 0.2) is 16.3 Å². The number of ether oxygens (including phenoxy) is 3. The van der Waals surface area contributed by atoms with E-state index in [1.54, 1.807) is 31.2 Å². The van der Waals surface area contributed by atoms with Gasteiger partial charge in [0, 0.05) is 5.56 Å². The highest BCUT2D eigenvalue weighted by atomic mass is 35.5. The van der Waals surface area contributed by atoms with Crippen molar-refractivity contribution in [3.63, 3.8) is 0 Å². The summed E-state index contributed by atoms with van der Waals surface area (Å²) in [5.41, 5.74) is 0.887. The van der Waals surface area contributed by atoms with E-state index >= 15 is 0 Å². The quantitative estimate of drug-likeness (QED) is 0.377. The molecule has 1 aromatic heterocycles. The fourth-order valence-electron chi connectivity index (χ4n) is 4.17. The van der Waals surface area contributed by atoms with Crippen molar-refractivity contribution in [1.29, 1.82) is 0 Å². The van der Waals surface area contributed by atoms with E-state index < -0.39 is 23.4 Å². The number of fused-ring (bicyclic) bond motifs is 1. The molecule has 0 amide bonds. The molecule has 1 aliphatic heterocycles. The number of methoxy groups -OCH3 is 2. The molecule has 1 atom stereocenters. The van der Waals surface area contributed by atoms with Crippen LogP contribution in [0.2, 0.25) is 5.02 Å². The van der Waals surface area contributed by atoms with Crippen molar-refractivity contribution in [2.24, 2.45) is 10.9 Å². The molecular formula is C28H28ClFN2O5S. The summed E-state index contributed by atoms with van der Waals surface area (Å²) in [6.07, 6.45) is 2.28. The largest absolute Gasteiger partial charge is 0.493 e. The Kier molecular flexibility index (Phi) is 8.38. The van der Waals surface area contributed by atoms with Gasteiger partial charge in [0.1, 0.15) is 5.82 Å². The van der Waals surface area contributed by atoms with Gasteiger partial charge in [-0.25, -0.2) is 14.2 Å². The number of rotatable bonds is 8. The van der Waals surface area contributed by atoms with E-state index in [2.05, 4.69) is 18.8 Å². The van der Waals surface area contributed by atoms with Crippen LogP contribution < -0.4 is 24.4 Å². The van der Waals surface area contributed by atoms with Gasteiger partial charge in [-0.15, -0.1) is 0 Å². The lowest BCUT2D eigenvalue weighted by molar-refractivity contribution is -0.136. The van der Waals surface area contributed by atoms with Gasteiger partial charge in [0.2, 0.25) is 0 Å². The lowest BCUT2D eigenvalue weighted by atomic mass is 9.95. The van der Waals surface area contributed by atoms with Crippen molar-refractivity contribution < 1.29 is 23.4 Å². The number of carbonyl (C=O) groups is 1. The highest BCUT2D eigenvalue weighted by molar-refractivity contribution is 7.07. The van der Waals surface area contributed by atoms with Crippen LogP contribution in [0.5, 0.6) is 11.5 Å². The Morgan fingerprint density at radius 2 is 2.00 bits per heavy atom. The Morgan fingerprint density at radius 1 is 1.24 bits per heavy atom. The first-order valence-electron chi connectivity index (χ1n) is 12.0. The molecule has 0 radical (unpaired) electrons. The molecule has 10 heteroatoms. The van der Waals surface area contributed by atoms with Gasteiger partial charge in [-0.3, -0.25) is 9.36 Å². The number of halogens is 2. The molecule has 200 valence electrons. The third kappa shape index (κ3) is 5.39. The van der Waals surface area contributed by atoms with E-state index in [9.17, 15) is 14.0 Å². The highest BCUT2D eigenvalue weighted by Crippen LogP contribution is 2.36. The third-order valence-electron chi connectivity index (χ3n) is 6.16. The second-order valence-corrected chi connectivity index (χ2v) is 10.6. The Bertz CT molecular complexity index is 1570. The molecule has 0 saturated heterocycles. The minimum atomic E-state index is -0.851. The van der Waals surface area contributed by atoms with Crippen LogP contribution in [-0.2, 0) is 9.53 Å². The van der Waals surface area contributed by atoms with Crippen LogP contribution >= 0.6 is 22.9 Å². The second kappa shape index (κ2) is 11.5. The number of aromatic nitrogens is 1. The van der Waals surface area contributed by atoms with Crippen molar-refractivity contribution in [3.05, 3.63) is 89.3 Å². The van der Waals surface area contributed by atoms with E-state index in [-0.39, 0.29) is 20.7 Å². The summed E-state index contributed by atoms with van der Waals surface area (Å²) in [6.45, 7) is 6.43. The second-order valence-electron chi connectivity index (χ2n) is 9.15. The van der Waals surface area contributed by atoms with E-state index in [1.165, 1.54) is 37.0 Å². The summed E-state index contributed by atoms with van der Waals surface area (Å²) in [7, 11) is 2.80. The van der Waals surface area contributed by atoms with Gasteiger partial charge in [-0.05, 0) is 55.2 Å². The van der Waals surface area contributed by atoms with Crippen LogP contribution in [0.1, 0.15) is 44.4 Å². The normalized spacial score (nSPS) is 15.4. The number of allylic oxidation sites excluding steroid dienone is 1. The smallest absolute Gasteiger partial charge is 0.338 e. The summed E-state index contributed by atoms with van der Waals surface area (Å²) in [5, 5.41) is 0.177. The maximum atomic E-state index is 14.5. The van der Waals surface area contributed by atoms with Gasteiger partial charge in [0.25, 0.3) is 5.56 Å². The third-order valence-corrected chi connectivity index (χ3v) is 7.47. The topological polar surface area (TPSA) is 79.1 Å². The van der Waals surface area contributed by atoms with Gasteiger partial charge in [-0.2, -0.15) is 0 Å². The zero-order valence-electron chi connectivity index (χ0n) is 21.7. The Labute approximate surface area is 228 Å². The molecule has 0 saturated carbocycles. The minimum absolute atomic E-state index is 0.101. The molecule has 0 fully saturated rings. The SMILES string of the molecule is COC(=O)C1=C(C)N=c2s/c(=C\c3c(F)cccc3Cl)c(=O)n2C1c1ccc(OCCC(C)C)c(OC)c1. The van der Waals surface area contributed by atoms with E-state index in [0.29, 0.717) is 40.1 Å². The molecule has 2 heterocycles. The molecule has 1 unspecified atom stereocenters. The van der Waals surface area contributed by atoms with Crippen molar-refractivity contribution in [2.75, 3.05) is 20.8 Å². The monoisotopic (exact) mass is 558 g/mol. The zero-order valence-corrected chi connectivity index (χ0v) is 23.3. The Morgan fingerprint density at radius 3 is 2.66 bits per heavy atom. The maximum absolute atomic E-state index is 14.5. The molecular weight excluding hydrogens is 531 g/mol. The van der Waals surface area contributed by atoms with Crippen LogP contribution in [0.3, 0.4) is 0 Å². The number of nitrogens with zero attached hydrogens (tertiary/aromatic N) is 2. The number of thiazole rings is 1. The molecule has 2 aromatic carbocycles. The van der Waals surface area contributed by atoms with Crippen molar-refractivity contribution in [3.8, 4) is 11.5 Å². The summed E-state index contributed by atoms with van der Waals surface area (Å²) in [4.78, 5) is 31.5. The molecule has 1 aliphatic rings. The molecule has 4 rings (SSSR count). The van der Waals surface area contributed by atoms with Crippen molar-refractivity contribution in [1.82, 2.24) is 4.57 Å². The first-order chi connectivity index (χ1) is 18.2. The van der Waals surface area contributed by atoms with Crippen molar-refractivity contribution >= 4 is 35.0 Å². The lowest BCUT2D eigenvalue weighted by Crippen LogP contribution is -2.39. The first kappa shape index (κ1) is 27.6. The number of hydrogen-bond acceptors (Lipinski definition) is 7. The number of carbonyl (C=O) groups excluding carboxylic acids is 1. The predicted octanol–water partition coefficient (Wildman–Crippen LogP) is 4.63. The summed E-state index contributed by atoms with van der Waals surface area (Å²) in [6, 6.07) is 8.74. The van der Waals surface area contributed by atoms with Crippen LogP contribution in [-0.4, -0.2) is 31.4 Å². The fraction of sp³-hybridized carbons (Fsp3) is 0.321. The van der Waals surface area contributed by atoms with Gasteiger partial charge in [0.05, 0.1) is 47.7 Å². The van der Waals surface area contributed by atoms with E-state index in [4.69, 9.17) is 25.8 Å². The van der Waals surface area contributed by atoms with Gasteiger partial charge >= 0.3 is 5.97 Å². The highest BCUT2D eigenvalue weighted by Gasteiger charge is 2.33. The molecule has 0 N–H and O–H groups in total. The lowest BCUT2D eigenvalue weighted by Gasteiger charge is -2.25. The van der Waals surface area contributed by atoms with Gasteiger partial charge < -0.3 is 14.2 Å². The fourth-order valence-corrected chi connectivity index (χ4v) is 5.41. The number of hydrogen-bond donors (Lipinski definition) is 0. The molecule has 7 nitrogen and oxygen atoms in total. The predicted molar refractivity (Wildman–Crippen MR) is 145 cm³/mol. The average Bonchev–Trinajstić information content (AvgIpc) is 3.19. The first-order valence-corrected chi connectivity index (χ1v) is 13.2. The van der Waals surface area contributed by atoms with Crippen LogP contribution in [0, 0.1) is 11.7 Å². The van der Waals surface area contributed by atoms with E-state index in [1.807, 2.05) is 0 Å². The van der Waals surface area contributed by atoms with E-state index in [0.717, 1.165) is 17.8 Å². The molecule has 0 aliphatic carbocycles. The molecule has 3 aromatic rings. The molecule has 0 spiro atoms. The van der Waals surface area contributed by atoms with Crippen molar-refractivity contribution in [2.45, 2.75) is 33.2 Å². The Hall–Kier alpha value is -3.43.